The first-order valence-corrected chi connectivity index (χ1v) is 17.8. The van der Waals surface area contributed by atoms with Crippen molar-refractivity contribution in [3.05, 3.63) is 94.0 Å². The third-order valence-electron chi connectivity index (χ3n) is 5.31. The van der Waals surface area contributed by atoms with Gasteiger partial charge in [0.1, 0.15) is 0 Å². The first kappa shape index (κ1) is 32.2. The zero-order valence-electron chi connectivity index (χ0n) is 19.9. The fraction of sp³-hybridized carbons (Fsp3) is 0.280. The maximum Gasteiger partial charge on any atom is 0.239 e. The van der Waals surface area contributed by atoms with E-state index in [-0.39, 0.29) is 4.90 Å². The van der Waals surface area contributed by atoms with Crippen LogP contribution in [0.15, 0.2) is 70.5 Å². The molecule has 11 heteroatoms. The van der Waals surface area contributed by atoms with Crippen LogP contribution in [-0.4, -0.2) is 21.4 Å². The van der Waals surface area contributed by atoms with Crippen molar-refractivity contribution < 1.29 is 16.8 Å². The van der Waals surface area contributed by atoms with Crippen LogP contribution in [0.5, 0.6) is 0 Å². The molecular formula is C25H25Br5O4S2. The highest BCUT2D eigenvalue weighted by molar-refractivity contribution is 9.42. The minimum Gasteiger partial charge on any atom is -0.222 e. The van der Waals surface area contributed by atoms with E-state index in [1.165, 1.54) is 22.3 Å². The van der Waals surface area contributed by atoms with Crippen LogP contribution in [0.4, 0.5) is 0 Å². The molecule has 3 rings (SSSR count). The largest absolute Gasteiger partial charge is 0.239 e. The van der Waals surface area contributed by atoms with Crippen molar-refractivity contribution >= 4 is 99.3 Å². The summed E-state index contributed by atoms with van der Waals surface area (Å²) in [4.78, 5) is 0.579. The summed E-state index contributed by atoms with van der Waals surface area (Å²) in [6.07, 6.45) is 0.792. The fourth-order valence-electron chi connectivity index (χ4n) is 3.51. The van der Waals surface area contributed by atoms with E-state index in [4.69, 9.17) is 0 Å². The van der Waals surface area contributed by atoms with Gasteiger partial charge in [-0.2, -0.15) is 0 Å². The van der Waals surface area contributed by atoms with Crippen molar-refractivity contribution in [2.24, 2.45) is 0 Å². The van der Waals surface area contributed by atoms with Gasteiger partial charge in [-0.3, -0.25) is 0 Å². The van der Waals surface area contributed by atoms with Gasteiger partial charge in [-0.1, -0.05) is 73.8 Å². The molecule has 36 heavy (non-hydrogen) atoms. The van der Waals surface area contributed by atoms with E-state index in [0.717, 1.165) is 17.5 Å². The highest BCUT2D eigenvalue weighted by Gasteiger charge is 2.37. The van der Waals surface area contributed by atoms with Gasteiger partial charge in [0.05, 0.1) is 9.79 Å². The summed E-state index contributed by atoms with van der Waals surface area (Å²) < 4.78 is 45.8. The number of hydrogen-bond acceptors (Lipinski definition) is 4. The Hall–Kier alpha value is -0.0400. The third kappa shape index (κ3) is 8.23. The van der Waals surface area contributed by atoms with Gasteiger partial charge < -0.3 is 0 Å². The van der Waals surface area contributed by atoms with Gasteiger partial charge in [-0.25, -0.2) is 16.8 Å². The number of halogens is 5. The molecule has 0 saturated carbocycles. The van der Waals surface area contributed by atoms with Crippen molar-refractivity contribution in [3.63, 3.8) is 0 Å². The van der Waals surface area contributed by atoms with E-state index >= 15 is 0 Å². The number of hydrogen-bond donors (Lipinski definition) is 0. The van der Waals surface area contributed by atoms with E-state index in [0.29, 0.717) is 4.90 Å². The van der Waals surface area contributed by atoms with Gasteiger partial charge in [0.25, 0.3) is 0 Å². The first-order chi connectivity index (χ1) is 16.5. The molecule has 0 aliphatic heterocycles. The van der Waals surface area contributed by atoms with Gasteiger partial charge in [-0.15, -0.1) is 0 Å². The summed E-state index contributed by atoms with van der Waals surface area (Å²) in [6.45, 7) is 8.18. The fourth-order valence-corrected chi connectivity index (χ4v) is 8.07. The molecule has 0 radical (unpaired) electrons. The summed E-state index contributed by atoms with van der Waals surface area (Å²) in [6, 6.07) is 18.2. The molecule has 0 N–H and O–H groups in total. The van der Waals surface area contributed by atoms with Crippen LogP contribution in [0.1, 0.15) is 33.4 Å². The van der Waals surface area contributed by atoms with E-state index in [1.807, 2.05) is 25.1 Å². The lowest BCUT2D eigenvalue weighted by atomic mass is 9.94. The molecule has 0 bridgehead atoms. The van der Waals surface area contributed by atoms with Crippen LogP contribution >= 0.6 is 79.6 Å². The smallest absolute Gasteiger partial charge is 0.222 e. The van der Waals surface area contributed by atoms with Crippen LogP contribution in [0.3, 0.4) is 0 Å². The molecular weight excluding hydrogens is 828 g/mol. The lowest BCUT2D eigenvalue weighted by Gasteiger charge is -2.15. The minimum atomic E-state index is -3.54. The third-order valence-corrected chi connectivity index (χ3v) is 15.0. The Morgan fingerprint density at radius 2 is 1.25 bits per heavy atom. The Balaban J connectivity index is 0.000000297. The number of alkyl halides is 5. The second-order valence-electron chi connectivity index (χ2n) is 8.27. The summed E-state index contributed by atoms with van der Waals surface area (Å²) in [5.41, 5.74) is 7.10. The molecule has 0 aromatic heterocycles. The number of sulfone groups is 2. The van der Waals surface area contributed by atoms with Crippen LogP contribution < -0.4 is 0 Å². The predicted molar refractivity (Wildman–Crippen MR) is 167 cm³/mol. The van der Waals surface area contributed by atoms with E-state index in [1.54, 1.807) is 30.3 Å². The van der Waals surface area contributed by atoms with Crippen LogP contribution in [-0.2, 0) is 26.1 Å². The van der Waals surface area contributed by atoms with Crippen molar-refractivity contribution in [2.45, 2.75) is 48.5 Å². The van der Waals surface area contributed by atoms with Gasteiger partial charge in [0.2, 0.25) is 21.1 Å². The Kier molecular flexibility index (Phi) is 11.5. The van der Waals surface area contributed by atoms with Gasteiger partial charge in [0, 0.05) is 0 Å². The molecule has 3 aromatic rings. The Bertz CT molecular complexity index is 1410. The molecule has 0 fully saturated rings. The SMILES string of the molecule is Cc1cc(C)c(Cc2ccc(S(=O)(=O)C(Br)(Br)Br)cc2)c(C)c1.Cc1cccc(S(=O)(=O)C(Br)Br)c1. The van der Waals surface area contributed by atoms with E-state index in [2.05, 4.69) is 113 Å². The molecule has 0 heterocycles. The highest BCUT2D eigenvalue weighted by Crippen LogP contribution is 2.43. The van der Waals surface area contributed by atoms with Crippen LogP contribution in [0, 0.1) is 27.7 Å². The average molecular weight is 853 g/mol. The molecule has 196 valence electrons. The Morgan fingerprint density at radius 1 is 0.722 bits per heavy atom. The van der Waals surface area contributed by atoms with Crippen LogP contribution in [0.25, 0.3) is 0 Å². The van der Waals surface area contributed by atoms with Gasteiger partial charge in [-0.05, 0) is 134 Å². The first-order valence-electron chi connectivity index (χ1n) is 10.5. The van der Waals surface area contributed by atoms with E-state index in [9.17, 15) is 16.8 Å². The van der Waals surface area contributed by atoms with Crippen molar-refractivity contribution in [2.75, 3.05) is 0 Å². The Morgan fingerprint density at radius 3 is 1.69 bits per heavy atom. The number of rotatable bonds is 5. The highest BCUT2D eigenvalue weighted by atomic mass is 80.0. The van der Waals surface area contributed by atoms with Crippen molar-refractivity contribution in [3.8, 4) is 0 Å². The summed E-state index contributed by atoms with van der Waals surface area (Å²) in [5.74, 6) is 0. The van der Waals surface area contributed by atoms with Crippen molar-refractivity contribution in [1.82, 2.24) is 0 Å². The average Bonchev–Trinajstić information content (AvgIpc) is 2.76. The second kappa shape index (κ2) is 12.9. The maximum atomic E-state index is 12.3. The molecule has 0 aliphatic carbocycles. The van der Waals surface area contributed by atoms with E-state index < -0.39 is 24.2 Å². The van der Waals surface area contributed by atoms with Gasteiger partial charge >= 0.3 is 0 Å². The quantitative estimate of drug-likeness (QED) is 0.241. The number of aryl methyl sites for hydroxylation is 4. The normalized spacial score (nSPS) is 12.3. The molecule has 0 aliphatic rings. The molecule has 0 unspecified atom stereocenters. The predicted octanol–water partition coefficient (Wildman–Crippen LogP) is 8.61. The summed E-state index contributed by atoms with van der Waals surface area (Å²) in [5, 5.41) is 0. The standard InChI is InChI=1S/C17H17Br3O2S.C8H8Br2O2S/c1-11-8-12(2)16(13(3)9-11)10-14-4-6-15(7-5-14)23(21,22)17(18,19)20;1-6-3-2-4-7(5-6)13(11,12)8(9)10/h4-9H,10H2,1-3H3;2-5,8H,1H3. The zero-order valence-corrected chi connectivity index (χ0v) is 29.5. The summed E-state index contributed by atoms with van der Waals surface area (Å²) in [7, 11) is -6.80. The van der Waals surface area contributed by atoms with Gasteiger partial charge in [0.15, 0.2) is 3.07 Å². The second-order valence-corrected chi connectivity index (χ2v) is 25.0. The van der Waals surface area contributed by atoms with Crippen LogP contribution in [0.2, 0.25) is 0 Å². The monoisotopic (exact) mass is 848 g/mol. The molecule has 0 spiro atoms. The topological polar surface area (TPSA) is 68.3 Å². The molecule has 0 amide bonds. The lowest BCUT2D eigenvalue weighted by Crippen LogP contribution is -2.17. The molecule has 0 saturated heterocycles. The number of benzene rings is 3. The maximum absolute atomic E-state index is 12.3. The molecule has 4 nitrogen and oxygen atoms in total. The molecule has 3 aromatic carbocycles. The Labute approximate surface area is 256 Å². The molecule has 0 atom stereocenters. The zero-order chi connectivity index (χ0) is 27.5. The summed E-state index contributed by atoms with van der Waals surface area (Å²) >= 11 is 15.2. The minimum absolute atomic E-state index is 0.254. The lowest BCUT2D eigenvalue weighted by molar-refractivity contribution is 0.597. The van der Waals surface area contributed by atoms with Crippen molar-refractivity contribution in [1.29, 1.82) is 0 Å².